The molecule has 0 spiro atoms. The van der Waals surface area contributed by atoms with Gasteiger partial charge in [-0.05, 0) is 55.6 Å². The molecule has 1 saturated heterocycles. The zero-order valence-corrected chi connectivity index (χ0v) is 13.1. The first-order valence-corrected chi connectivity index (χ1v) is 7.28. The molecule has 0 aliphatic carbocycles. The normalized spacial score (nSPS) is 19.6. The second-order valence-electron chi connectivity index (χ2n) is 5.72. The summed E-state index contributed by atoms with van der Waals surface area (Å²) in [5.41, 5.74) is 0.585. The molecule has 1 amide bonds. The molecule has 1 aliphatic heterocycles. The standard InChI is InChI=1S/C14H19BrN2O2/c1-14(2,3)19-13(18)17-9-5-7-11(17)10-6-4-8-16-12(10)15/h4,6,8,11H,5,7,9H2,1-3H3. The summed E-state index contributed by atoms with van der Waals surface area (Å²) in [7, 11) is 0. The van der Waals surface area contributed by atoms with Gasteiger partial charge in [-0.15, -0.1) is 0 Å². The van der Waals surface area contributed by atoms with Crippen molar-refractivity contribution < 1.29 is 9.53 Å². The summed E-state index contributed by atoms with van der Waals surface area (Å²) in [6.45, 7) is 6.39. The van der Waals surface area contributed by atoms with Crippen LogP contribution < -0.4 is 0 Å². The Hall–Kier alpha value is -1.10. The number of nitrogens with zero attached hydrogens (tertiary/aromatic N) is 2. The first-order chi connectivity index (χ1) is 8.88. The Morgan fingerprint density at radius 2 is 2.26 bits per heavy atom. The average molecular weight is 327 g/mol. The van der Waals surface area contributed by atoms with E-state index in [4.69, 9.17) is 4.74 Å². The smallest absolute Gasteiger partial charge is 0.410 e. The van der Waals surface area contributed by atoms with Crippen LogP contribution >= 0.6 is 15.9 Å². The molecule has 19 heavy (non-hydrogen) atoms. The van der Waals surface area contributed by atoms with E-state index >= 15 is 0 Å². The van der Waals surface area contributed by atoms with Crippen LogP contribution in [0, 0.1) is 0 Å². The second-order valence-corrected chi connectivity index (χ2v) is 6.47. The SMILES string of the molecule is CC(C)(C)OC(=O)N1CCCC1c1cccnc1Br. The highest BCUT2D eigenvalue weighted by atomic mass is 79.9. The zero-order valence-electron chi connectivity index (χ0n) is 11.5. The highest BCUT2D eigenvalue weighted by Crippen LogP contribution is 2.35. The maximum Gasteiger partial charge on any atom is 0.410 e. The molecule has 1 aliphatic rings. The molecule has 1 aromatic heterocycles. The molecule has 0 aromatic carbocycles. The van der Waals surface area contributed by atoms with E-state index in [1.165, 1.54) is 0 Å². The van der Waals surface area contributed by atoms with Crippen LogP contribution in [0.15, 0.2) is 22.9 Å². The summed E-state index contributed by atoms with van der Waals surface area (Å²) < 4.78 is 6.27. The lowest BCUT2D eigenvalue weighted by Gasteiger charge is -2.29. The number of amides is 1. The first kappa shape index (κ1) is 14.3. The molecule has 0 N–H and O–H groups in total. The summed E-state index contributed by atoms with van der Waals surface area (Å²) in [5.74, 6) is 0. The predicted octanol–water partition coefficient (Wildman–Crippen LogP) is 3.92. The third-order valence-corrected chi connectivity index (χ3v) is 3.69. The summed E-state index contributed by atoms with van der Waals surface area (Å²) >= 11 is 3.45. The summed E-state index contributed by atoms with van der Waals surface area (Å²) in [4.78, 5) is 18.3. The molecule has 0 radical (unpaired) electrons. The number of rotatable bonds is 1. The lowest BCUT2D eigenvalue weighted by molar-refractivity contribution is 0.0224. The Kier molecular flexibility index (Phi) is 4.13. The predicted molar refractivity (Wildman–Crippen MR) is 76.9 cm³/mol. The number of carbonyl (C=O) groups excluding carboxylic acids is 1. The van der Waals surface area contributed by atoms with Crippen LogP contribution in [0.25, 0.3) is 0 Å². The van der Waals surface area contributed by atoms with Gasteiger partial charge in [0.1, 0.15) is 10.2 Å². The van der Waals surface area contributed by atoms with E-state index in [0.717, 1.165) is 29.6 Å². The van der Waals surface area contributed by atoms with E-state index in [2.05, 4.69) is 20.9 Å². The first-order valence-electron chi connectivity index (χ1n) is 6.48. The van der Waals surface area contributed by atoms with Gasteiger partial charge < -0.3 is 9.64 Å². The third kappa shape index (κ3) is 3.47. The van der Waals surface area contributed by atoms with Gasteiger partial charge in [0.05, 0.1) is 6.04 Å². The number of ether oxygens (including phenoxy) is 1. The van der Waals surface area contributed by atoms with Gasteiger partial charge in [-0.2, -0.15) is 0 Å². The van der Waals surface area contributed by atoms with Crippen LogP contribution in [0.2, 0.25) is 0 Å². The lowest BCUT2D eigenvalue weighted by Crippen LogP contribution is -2.36. The van der Waals surface area contributed by atoms with Gasteiger partial charge in [0, 0.05) is 18.3 Å². The summed E-state index contributed by atoms with van der Waals surface area (Å²) in [5, 5.41) is 0. The van der Waals surface area contributed by atoms with Crippen molar-refractivity contribution in [2.45, 2.75) is 45.3 Å². The van der Waals surface area contributed by atoms with Gasteiger partial charge in [-0.3, -0.25) is 0 Å². The molecule has 4 nitrogen and oxygen atoms in total. The number of halogens is 1. The number of likely N-dealkylation sites (tertiary alicyclic amines) is 1. The van der Waals surface area contributed by atoms with Crippen molar-refractivity contribution in [2.75, 3.05) is 6.54 Å². The van der Waals surface area contributed by atoms with E-state index in [0.29, 0.717) is 0 Å². The molecule has 0 saturated carbocycles. The summed E-state index contributed by atoms with van der Waals surface area (Å²) in [6.07, 6.45) is 3.43. The Labute approximate surface area is 122 Å². The van der Waals surface area contributed by atoms with Crippen LogP contribution in [0.5, 0.6) is 0 Å². The van der Waals surface area contributed by atoms with Crippen molar-refractivity contribution in [3.63, 3.8) is 0 Å². The molecule has 1 unspecified atom stereocenters. The summed E-state index contributed by atoms with van der Waals surface area (Å²) in [6, 6.07) is 3.95. The molecule has 1 aromatic rings. The second kappa shape index (κ2) is 5.49. The Balaban J connectivity index is 2.18. The fourth-order valence-corrected chi connectivity index (χ4v) is 2.79. The van der Waals surface area contributed by atoms with Crippen molar-refractivity contribution in [2.24, 2.45) is 0 Å². The Morgan fingerprint density at radius 1 is 1.53 bits per heavy atom. The van der Waals surface area contributed by atoms with Crippen LogP contribution in [-0.2, 0) is 4.74 Å². The highest BCUT2D eigenvalue weighted by Gasteiger charge is 2.34. The largest absolute Gasteiger partial charge is 0.444 e. The van der Waals surface area contributed by atoms with Crippen LogP contribution in [0.1, 0.15) is 45.2 Å². The maximum absolute atomic E-state index is 12.2. The molecular weight excluding hydrogens is 308 g/mol. The number of hydrogen-bond donors (Lipinski definition) is 0. The van der Waals surface area contributed by atoms with Gasteiger partial charge in [0.25, 0.3) is 0 Å². The van der Waals surface area contributed by atoms with Crippen molar-refractivity contribution in [3.8, 4) is 0 Å². The minimum Gasteiger partial charge on any atom is -0.444 e. The Bertz CT molecular complexity index is 471. The number of aromatic nitrogens is 1. The van der Waals surface area contributed by atoms with Crippen molar-refractivity contribution in [1.29, 1.82) is 0 Å². The third-order valence-electron chi connectivity index (χ3n) is 3.03. The molecule has 1 fully saturated rings. The fourth-order valence-electron chi connectivity index (χ4n) is 2.28. The van der Waals surface area contributed by atoms with Crippen LogP contribution in [0.4, 0.5) is 4.79 Å². The van der Waals surface area contributed by atoms with E-state index in [1.54, 1.807) is 11.1 Å². The van der Waals surface area contributed by atoms with Crippen molar-refractivity contribution in [1.82, 2.24) is 9.88 Å². The van der Waals surface area contributed by atoms with Gasteiger partial charge in [-0.25, -0.2) is 9.78 Å². The topological polar surface area (TPSA) is 42.4 Å². The van der Waals surface area contributed by atoms with Crippen LogP contribution in [-0.4, -0.2) is 28.1 Å². The Morgan fingerprint density at radius 3 is 2.89 bits per heavy atom. The minimum atomic E-state index is -0.462. The zero-order chi connectivity index (χ0) is 14.0. The number of hydrogen-bond acceptors (Lipinski definition) is 3. The average Bonchev–Trinajstić information content (AvgIpc) is 2.76. The molecule has 1 atom stereocenters. The molecule has 0 bridgehead atoms. The molecule has 2 rings (SSSR count). The van der Waals surface area contributed by atoms with E-state index in [-0.39, 0.29) is 12.1 Å². The van der Waals surface area contributed by atoms with E-state index in [9.17, 15) is 4.79 Å². The van der Waals surface area contributed by atoms with Crippen molar-refractivity contribution in [3.05, 3.63) is 28.5 Å². The van der Waals surface area contributed by atoms with E-state index in [1.807, 2.05) is 32.9 Å². The van der Waals surface area contributed by atoms with Gasteiger partial charge >= 0.3 is 6.09 Å². The van der Waals surface area contributed by atoms with Crippen LogP contribution in [0.3, 0.4) is 0 Å². The molecule has 2 heterocycles. The maximum atomic E-state index is 12.2. The quantitative estimate of drug-likeness (QED) is 0.734. The van der Waals surface area contributed by atoms with Gasteiger partial charge in [-0.1, -0.05) is 6.07 Å². The lowest BCUT2D eigenvalue weighted by atomic mass is 10.1. The van der Waals surface area contributed by atoms with Crippen molar-refractivity contribution >= 4 is 22.0 Å². The monoisotopic (exact) mass is 326 g/mol. The molecule has 5 heteroatoms. The molecule has 104 valence electrons. The van der Waals surface area contributed by atoms with Gasteiger partial charge in [0.15, 0.2) is 0 Å². The number of carbonyl (C=O) groups is 1. The van der Waals surface area contributed by atoms with E-state index < -0.39 is 5.60 Å². The molecular formula is C14H19BrN2O2. The minimum absolute atomic E-state index is 0.0536. The van der Waals surface area contributed by atoms with Gasteiger partial charge in [0.2, 0.25) is 0 Å². The highest BCUT2D eigenvalue weighted by molar-refractivity contribution is 9.10. The fraction of sp³-hybridized carbons (Fsp3) is 0.571. The number of pyridine rings is 1.